The average Bonchev–Trinajstić information content (AvgIpc) is 3.87. The molecule has 0 aliphatic heterocycles. The fourth-order valence-corrected chi connectivity index (χ4v) is 10.6. The third-order valence-electron chi connectivity index (χ3n) is 13.1. The third-order valence-corrected chi connectivity index (χ3v) is 13.1. The topological polar surface area (TPSA) is 6.48 Å². The maximum atomic E-state index is 2.54. The van der Waals surface area contributed by atoms with Crippen molar-refractivity contribution in [1.29, 1.82) is 0 Å². The van der Waals surface area contributed by atoms with E-state index in [0.717, 1.165) is 0 Å². The number of hydrogen-bond donors (Lipinski definition) is 0. The van der Waals surface area contributed by atoms with E-state index in [4.69, 9.17) is 0 Å². The summed E-state index contributed by atoms with van der Waals surface area (Å²) in [7, 11) is 0. The summed E-state index contributed by atoms with van der Waals surface area (Å²) in [5, 5.41) is 0. The molecule has 0 atom stereocenters. The third kappa shape index (κ3) is 5.70. The SMILES string of the molecule is c1ccc(N(c2ccccc2)c2ccc(C3(c4ccc(N(c5ccccc5)c5cccc6c5C5(CCCC5)c5ccccc5-6)cc4)CCCCC3)cc2)cc1. The monoisotopic (exact) mass is 712 g/mol. The smallest absolute Gasteiger partial charge is 0.0508 e. The van der Waals surface area contributed by atoms with Crippen LogP contribution in [-0.2, 0) is 10.8 Å². The lowest BCUT2D eigenvalue weighted by Gasteiger charge is -2.39. The van der Waals surface area contributed by atoms with Crippen molar-refractivity contribution in [2.75, 3.05) is 9.80 Å². The van der Waals surface area contributed by atoms with Crippen LogP contribution in [0.4, 0.5) is 34.1 Å². The van der Waals surface area contributed by atoms with Crippen LogP contribution in [0.2, 0.25) is 0 Å². The summed E-state index contributed by atoms with van der Waals surface area (Å²) in [5.41, 5.74) is 16.0. The summed E-state index contributed by atoms with van der Waals surface area (Å²) in [5.74, 6) is 0. The standard InChI is InChI=1S/C53H48N2/c1-5-18-42(19-6-1)54(43-20-7-2-8-21-43)45-32-28-40(29-33-45)52(36-13-4-14-37-52)41-30-34-46(35-31-41)55(44-22-9-3-10-23-44)50-27-17-25-48-47-24-11-12-26-49(47)53(51(48)50)38-15-16-39-53/h1-3,5-12,17-35H,4,13-16,36-39H2. The summed E-state index contributed by atoms with van der Waals surface area (Å²) in [6.07, 6.45) is 11.1. The largest absolute Gasteiger partial charge is 0.311 e. The average molecular weight is 713 g/mol. The molecule has 7 aromatic rings. The Hall–Kier alpha value is -5.86. The van der Waals surface area contributed by atoms with E-state index in [1.807, 2.05) is 0 Å². The van der Waals surface area contributed by atoms with Crippen molar-refractivity contribution in [3.63, 3.8) is 0 Å². The molecule has 270 valence electrons. The van der Waals surface area contributed by atoms with Crippen molar-refractivity contribution in [2.45, 2.75) is 68.6 Å². The highest BCUT2D eigenvalue weighted by atomic mass is 15.1. The van der Waals surface area contributed by atoms with Gasteiger partial charge in [-0.1, -0.05) is 147 Å². The Morgan fingerprint density at radius 1 is 0.309 bits per heavy atom. The first-order chi connectivity index (χ1) is 27.3. The minimum atomic E-state index is -0.0131. The first-order valence-electron chi connectivity index (χ1n) is 20.5. The number of hydrogen-bond acceptors (Lipinski definition) is 2. The van der Waals surface area contributed by atoms with Crippen molar-refractivity contribution < 1.29 is 0 Å². The van der Waals surface area contributed by atoms with Crippen LogP contribution < -0.4 is 9.80 Å². The van der Waals surface area contributed by atoms with Gasteiger partial charge in [0, 0.05) is 39.3 Å². The molecular formula is C53H48N2. The zero-order valence-corrected chi connectivity index (χ0v) is 31.6. The number of nitrogens with zero attached hydrogens (tertiary/aromatic N) is 2. The lowest BCUT2D eigenvalue weighted by atomic mass is 9.65. The molecule has 2 saturated carbocycles. The minimum Gasteiger partial charge on any atom is -0.311 e. The van der Waals surface area contributed by atoms with Crippen LogP contribution in [0.1, 0.15) is 80.0 Å². The molecule has 0 radical (unpaired) electrons. The van der Waals surface area contributed by atoms with Gasteiger partial charge in [-0.05, 0) is 126 Å². The van der Waals surface area contributed by atoms with E-state index in [1.165, 1.54) is 125 Å². The molecule has 3 aliphatic carbocycles. The molecule has 0 saturated heterocycles. The van der Waals surface area contributed by atoms with Crippen LogP contribution in [0, 0.1) is 0 Å². The van der Waals surface area contributed by atoms with E-state index >= 15 is 0 Å². The quantitative estimate of drug-likeness (QED) is 0.155. The second-order valence-corrected chi connectivity index (χ2v) is 15.9. The normalized spacial score (nSPS) is 16.4. The van der Waals surface area contributed by atoms with Crippen LogP contribution >= 0.6 is 0 Å². The van der Waals surface area contributed by atoms with Gasteiger partial charge >= 0.3 is 0 Å². The number of fused-ring (bicyclic) bond motifs is 5. The molecule has 0 aromatic heterocycles. The minimum absolute atomic E-state index is 0.0131. The molecular weight excluding hydrogens is 665 g/mol. The Morgan fingerprint density at radius 2 is 0.727 bits per heavy atom. The molecule has 0 N–H and O–H groups in total. The maximum absolute atomic E-state index is 2.54. The molecule has 0 amide bonds. The van der Waals surface area contributed by atoms with Crippen LogP contribution in [0.25, 0.3) is 11.1 Å². The molecule has 0 heterocycles. The first-order valence-corrected chi connectivity index (χ1v) is 20.5. The fraction of sp³-hybridized carbons (Fsp3) is 0.208. The first kappa shape index (κ1) is 33.7. The second kappa shape index (κ2) is 14.1. The maximum Gasteiger partial charge on any atom is 0.0508 e. The van der Waals surface area contributed by atoms with E-state index in [9.17, 15) is 0 Å². The van der Waals surface area contributed by atoms with Crippen molar-refractivity contribution in [3.05, 3.63) is 204 Å². The molecule has 2 nitrogen and oxygen atoms in total. The lowest BCUT2D eigenvalue weighted by molar-refractivity contribution is 0.346. The van der Waals surface area contributed by atoms with Crippen LogP contribution in [0.15, 0.2) is 182 Å². The lowest BCUT2D eigenvalue weighted by Crippen LogP contribution is -2.30. The van der Waals surface area contributed by atoms with Gasteiger partial charge in [0.15, 0.2) is 0 Å². The van der Waals surface area contributed by atoms with Gasteiger partial charge in [-0.3, -0.25) is 0 Å². The number of benzene rings is 7. The van der Waals surface area contributed by atoms with E-state index in [1.54, 1.807) is 0 Å². The van der Waals surface area contributed by atoms with Crippen molar-refractivity contribution in [2.24, 2.45) is 0 Å². The molecule has 10 rings (SSSR count). The van der Waals surface area contributed by atoms with Crippen LogP contribution in [0.3, 0.4) is 0 Å². The highest BCUT2D eigenvalue weighted by Gasteiger charge is 2.47. The Balaban J connectivity index is 1.05. The summed E-state index contributed by atoms with van der Waals surface area (Å²) >= 11 is 0. The van der Waals surface area contributed by atoms with E-state index < -0.39 is 0 Å². The highest BCUT2D eigenvalue weighted by molar-refractivity contribution is 5.91. The van der Waals surface area contributed by atoms with Gasteiger partial charge in [-0.15, -0.1) is 0 Å². The number of para-hydroxylation sites is 3. The van der Waals surface area contributed by atoms with Crippen LogP contribution in [0.5, 0.6) is 0 Å². The highest BCUT2D eigenvalue weighted by Crippen LogP contribution is 2.60. The van der Waals surface area contributed by atoms with Crippen molar-refractivity contribution in [1.82, 2.24) is 0 Å². The Kier molecular flexibility index (Phi) is 8.63. The van der Waals surface area contributed by atoms with Gasteiger partial charge in [-0.2, -0.15) is 0 Å². The van der Waals surface area contributed by atoms with Gasteiger partial charge in [0.1, 0.15) is 0 Å². The Morgan fingerprint density at radius 3 is 1.29 bits per heavy atom. The molecule has 55 heavy (non-hydrogen) atoms. The molecule has 3 aliphatic rings. The molecule has 2 heteroatoms. The van der Waals surface area contributed by atoms with Gasteiger partial charge in [0.2, 0.25) is 0 Å². The summed E-state index contributed by atoms with van der Waals surface area (Å²) in [6, 6.07) is 67.9. The summed E-state index contributed by atoms with van der Waals surface area (Å²) in [4.78, 5) is 4.90. The molecule has 0 unspecified atom stereocenters. The Labute approximate surface area is 326 Å². The predicted molar refractivity (Wildman–Crippen MR) is 231 cm³/mol. The van der Waals surface area contributed by atoms with Gasteiger partial charge in [0.25, 0.3) is 0 Å². The van der Waals surface area contributed by atoms with Crippen molar-refractivity contribution in [3.8, 4) is 11.1 Å². The van der Waals surface area contributed by atoms with E-state index in [0.29, 0.717) is 0 Å². The predicted octanol–water partition coefficient (Wildman–Crippen LogP) is 14.7. The van der Waals surface area contributed by atoms with E-state index in [2.05, 4.69) is 192 Å². The summed E-state index contributed by atoms with van der Waals surface area (Å²) in [6.45, 7) is 0. The number of rotatable bonds is 8. The van der Waals surface area contributed by atoms with Gasteiger partial charge in [-0.25, -0.2) is 0 Å². The zero-order chi connectivity index (χ0) is 36.7. The molecule has 0 bridgehead atoms. The molecule has 7 aromatic carbocycles. The molecule has 1 spiro atoms. The Bertz CT molecular complexity index is 2350. The number of anilines is 6. The van der Waals surface area contributed by atoms with Gasteiger partial charge < -0.3 is 9.80 Å². The van der Waals surface area contributed by atoms with Gasteiger partial charge in [0.05, 0.1) is 5.69 Å². The van der Waals surface area contributed by atoms with Crippen molar-refractivity contribution >= 4 is 34.1 Å². The zero-order valence-electron chi connectivity index (χ0n) is 31.6. The molecule has 2 fully saturated rings. The van der Waals surface area contributed by atoms with E-state index in [-0.39, 0.29) is 10.8 Å². The second-order valence-electron chi connectivity index (χ2n) is 15.9. The fourth-order valence-electron chi connectivity index (χ4n) is 10.6. The summed E-state index contributed by atoms with van der Waals surface area (Å²) < 4.78 is 0. The van der Waals surface area contributed by atoms with Crippen LogP contribution in [-0.4, -0.2) is 0 Å².